The molecule has 2 fully saturated rings. The van der Waals surface area contributed by atoms with E-state index in [4.69, 9.17) is 0 Å². The summed E-state index contributed by atoms with van der Waals surface area (Å²) in [5.74, 6) is 0. The average molecular weight is 225 g/mol. The van der Waals surface area contributed by atoms with Gasteiger partial charge in [-0.15, -0.1) is 0 Å². The molecular formula is C12H23N3O. The number of nitrogens with one attached hydrogen (secondary N) is 3. The van der Waals surface area contributed by atoms with Gasteiger partial charge >= 0.3 is 6.03 Å². The Morgan fingerprint density at radius 1 is 1.25 bits per heavy atom. The fourth-order valence-electron chi connectivity index (χ4n) is 2.41. The van der Waals surface area contributed by atoms with Gasteiger partial charge < -0.3 is 16.0 Å². The van der Waals surface area contributed by atoms with Gasteiger partial charge in [0.05, 0.1) is 0 Å². The van der Waals surface area contributed by atoms with Crippen molar-refractivity contribution in [1.29, 1.82) is 0 Å². The lowest BCUT2D eigenvalue weighted by Crippen LogP contribution is -2.51. The van der Waals surface area contributed by atoms with E-state index in [9.17, 15) is 4.79 Å². The van der Waals surface area contributed by atoms with Crippen LogP contribution >= 0.6 is 0 Å². The van der Waals surface area contributed by atoms with Crippen LogP contribution in [-0.4, -0.2) is 30.7 Å². The Hall–Kier alpha value is -0.770. The number of hydrogen-bond donors (Lipinski definition) is 3. The number of carbonyl (C=O) groups excluding carboxylic acids is 1. The zero-order valence-corrected chi connectivity index (χ0v) is 10.1. The molecule has 0 aromatic heterocycles. The SMILES string of the molecule is CC1CCCC(CNC(=O)NC2CCC2)N1. The predicted octanol–water partition coefficient (Wildman–Crippen LogP) is 1.37. The molecule has 3 N–H and O–H groups in total. The Morgan fingerprint density at radius 3 is 2.62 bits per heavy atom. The van der Waals surface area contributed by atoms with Crippen molar-refractivity contribution in [2.75, 3.05) is 6.54 Å². The van der Waals surface area contributed by atoms with E-state index >= 15 is 0 Å². The molecule has 1 heterocycles. The minimum absolute atomic E-state index is 0.00438. The summed E-state index contributed by atoms with van der Waals surface area (Å²) in [6.45, 7) is 2.96. The fourth-order valence-corrected chi connectivity index (χ4v) is 2.41. The van der Waals surface area contributed by atoms with Gasteiger partial charge in [0.1, 0.15) is 0 Å². The summed E-state index contributed by atoms with van der Waals surface area (Å²) in [6, 6.07) is 1.48. The zero-order chi connectivity index (χ0) is 11.4. The molecule has 92 valence electrons. The first-order valence-corrected chi connectivity index (χ1v) is 6.54. The van der Waals surface area contributed by atoms with Crippen LogP contribution in [0.5, 0.6) is 0 Å². The van der Waals surface area contributed by atoms with Crippen LogP contribution in [0.4, 0.5) is 4.79 Å². The number of rotatable bonds is 3. The first kappa shape index (κ1) is 11.7. The van der Waals surface area contributed by atoms with Crippen LogP contribution in [0.15, 0.2) is 0 Å². The standard InChI is InChI=1S/C12H23N3O/c1-9-4-2-7-11(14-9)8-13-12(16)15-10-5-3-6-10/h9-11,14H,2-8H2,1H3,(H2,13,15,16). The molecule has 4 heteroatoms. The molecule has 0 bridgehead atoms. The molecule has 1 aliphatic carbocycles. The van der Waals surface area contributed by atoms with Gasteiger partial charge in [-0.05, 0) is 39.0 Å². The lowest BCUT2D eigenvalue weighted by molar-refractivity contribution is 0.225. The van der Waals surface area contributed by atoms with Crippen molar-refractivity contribution in [3.8, 4) is 0 Å². The van der Waals surface area contributed by atoms with Crippen LogP contribution < -0.4 is 16.0 Å². The van der Waals surface area contributed by atoms with E-state index in [1.165, 1.54) is 25.7 Å². The molecule has 0 aromatic rings. The third-order valence-corrected chi connectivity index (χ3v) is 3.66. The molecule has 0 aromatic carbocycles. The van der Waals surface area contributed by atoms with Crippen molar-refractivity contribution in [3.63, 3.8) is 0 Å². The van der Waals surface area contributed by atoms with Crippen LogP contribution in [0.3, 0.4) is 0 Å². The molecule has 16 heavy (non-hydrogen) atoms. The molecule has 2 aliphatic rings. The van der Waals surface area contributed by atoms with Crippen molar-refractivity contribution < 1.29 is 4.79 Å². The largest absolute Gasteiger partial charge is 0.337 e. The summed E-state index contributed by atoms with van der Waals surface area (Å²) in [5.41, 5.74) is 0. The van der Waals surface area contributed by atoms with Gasteiger partial charge in [-0.25, -0.2) is 4.79 Å². The smallest absolute Gasteiger partial charge is 0.315 e. The summed E-state index contributed by atoms with van der Waals surface area (Å²) in [4.78, 5) is 11.5. The van der Waals surface area contributed by atoms with Crippen molar-refractivity contribution in [3.05, 3.63) is 0 Å². The van der Waals surface area contributed by atoms with Crippen molar-refractivity contribution >= 4 is 6.03 Å². The lowest BCUT2D eigenvalue weighted by atomic mass is 9.93. The van der Waals surface area contributed by atoms with Crippen LogP contribution in [0.25, 0.3) is 0 Å². The van der Waals surface area contributed by atoms with Gasteiger partial charge in [0.2, 0.25) is 0 Å². The molecule has 2 atom stereocenters. The molecule has 0 radical (unpaired) electrons. The number of piperidine rings is 1. The lowest BCUT2D eigenvalue weighted by Gasteiger charge is -2.30. The number of urea groups is 1. The molecule has 4 nitrogen and oxygen atoms in total. The maximum atomic E-state index is 11.5. The highest BCUT2D eigenvalue weighted by atomic mass is 16.2. The second kappa shape index (κ2) is 5.53. The van der Waals surface area contributed by atoms with Crippen LogP contribution in [0, 0.1) is 0 Å². The quantitative estimate of drug-likeness (QED) is 0.679. The van der Waals surface area contributed by atoms with E-state index in [2.05, 4.69) is 22.9 Å². The van der Waals surface area contributed by atoms with Gasteiger partial charge in [-0.1, -0.05) is 6.42 Å². The summed E-state index contributed by atoms with van der Waals surface area (Å²) >= 11 is 0. The topological polar surface area (TPSA) is 53.2 Å². The third kappa shape index (κ3) is 3.37. The highest BCUT2D eigenvalue weighted by molar-refractivity contribution is 5.74. The molecule has 1 saturated carbocycles. The van der Waals surface area contributed by atoms with Crippen LogP contribution in [-0.2, 0) is 0 Å². The molecule has 2 unspecified atom stereocenters. The second-order valence-corrected chi connectivity index (χ2v) is 5.18. The van der Waals surface area contributed by atoms with Gasteiger partial charge in [-0.2, -0.15) is 0 Å². The van der Waals surface area contributed by atoms with Crippen molar-refractivity contribution in [2.45, 2.75) is 63.6 Å². The average Bonchev–Trinajstić information content (AvgIpc) is 2.21. The minimum atomic E-state index is 0.00438. The first-order chi connectivity index (χ1) is 7.74. The third-order valence-electron chi connectivity index (χ3n) is 3.66. The van der Waals surface area contributed by atoms with E-state index in [0.29, 0.717) is 18.1 Å². The second-order valence-electron chi connectivity index (χ2n) is 5.18. The van der Waals surface area contributed by atoms with E-state index in [1.807, 2.05) is 0 Å². The van der Waals surface area contributed by atoms with E-state index in [0.717, 1.165) is 19.4 Å². The minimum Gasteiger partial charge on any atom is -0.337 e. The Morgan fingerprint density at radius 2 is 2.00 bits per heavy atom. The van der Waals surface area contributed by atoms with Gasteiger partial charge in [0.25, 0.3) is 0 Å². The van der Waals surface area contributed by atoms with Gasteiger partial charge in [-0.3, -0.25) is 0 Å². The Balaban J connectivity index is 1.60. The maximum Gasteiger partial charge on any atom is 0.315 e. The summed E-state index contributed by atoms with van der Waals surface area (Å²) in [6.07, 6.45) is 7.24. The molecular weight excluding hydrogens is 202 g/mol. The Labute approximate surface area is 97.6 Å². The van der Waals surface area contributed by atoms with E-state index in [-0.39, 0.29) is 6.03 Å². The number of amides is 2. The molecule has 2 amide bonds. The Kier molecular flexibility index (Phi) is 4.04. The van der Waals surface area contributed by atoms with Crippen molar-refractivity contribution in [2.24, 2.45) is 0 Å². The summed E-state index contributed by atoms with van der Waals surface area (Å²) in [7, 11) is 0. The van der Waals surface area contributed by atoms with E-state index in [1.54, 1.807) is 0 Å². The normalized spacial score (nSPS) is 30.6. The van der Waals surface area contributed by atoms with Gasteiger partial charge in [0.15, 0.2) is 0 Å². The number of carbonyl (C=O) groups is 1. The molecule has 0 spiro atoms. The summed E-state index contributed by atoms with van der Waals surface area (Å²) in [5, 5.41) is 9.46. The fraction of sp³-hybridized carbons (Fsp3) is 0.917. The van der Waals surface area contributed by atoms with E-state index < -0.39 is 0 Å². The molecule has 2 rings (SSSR count). The summed E-state index contributed by atoms with van der Waals surface area (Å²) < 4.78 is 0. The Bertz CT molecular complexity index is 240. The maximum absolute atomic E-state index is 11.5. The monoisotopic (exact) mass is 225 g/mol. The molecule has 1 aliphatic heterocycles. The van der Waals surface area contributed by atoms with Crippen LogP contribution in [0.2, 0.25) is 0 Å². The molecule has 1 saturated heterocycles. The van der Waals surface area contributed by atoms with Gasteiger partial charge in [0, 0.05) is 24.7 Å². The van der Waals surface area contributed by atoms with Crippen molar-refractivity contribution in [1.82, 2.24) is 16.0 Å². The predicted molar refractivity (Wildman–Crippen MR) is 64.4 cm³/mol. The highest BCUT2D eigenvalue weighted by Crippen LogP contribution is 2.17. The zero-order valence-electron chi connectivity index (χ0n) is 10.1. The highest BCUT2D eigenvalue weighted by Gasteiger charge is 2.21. The van der Waals surface area contributed by atoms with Crippen LogP contribution in [0.1, 0.15) is 45.4 Å². The number of hydrogen-bond acceptors (Lipinski definition) is 2. The first-order valence-electron chi connectivity index (χ1n) is 6.54.